The summed E-state index contributed by atoms with van der Waals surface area (Å²) in [6, 6.07) is 0. The molecule has 0 aliphatic rings. The van der Waals surface area contributed by atoms with Gasteiger partial charge in [0, 0.05) is 13.7 Å². The number of rotatable bonds is 6. The predicted octanol–water partition coefficient (Wildman–Crippen LogP) is 0.726. The molecule has 6 nitrogen and oxygen atoms in total. The summed E-state index contributed by atoms with van der Waals surface area (Å²) in [5, 5.41) is 16.5. The van der Waals surface area contributed by atoms with Gasteiger partial charge >= 0.3 is 0 Å². The van der Waals surface area contributed by atoms with E-state index in [1.807, 2.05) is 0 Å². The average molecular weight is 276 g/mol. The monoisotopic (exact) mass is 275 g/mol. The average Bonchev–Trinajstić information content (AvgIpc) is 2.28. The zero-order valence-corrected chi connectivity index (χ0v) is 11.5. The molecule has 0 amide bonds. The quantitative estimate of drug-likeness (QED) is 0.800. The smallest absolute Gasteiger partial charge is 0.287 e. The first-order chi connectivity index (χ1) is 8.35. The highest BCUT2D eigenvalue weighted by atomic mass is 35.5. The van der Waals surface area contributed by atoms with Crippen molar-refractivity contribution >= 4 is 17.3 Å². The first-order valence-corrected chi connectivity index (χ1v) is 5.94. The van der Waals surface area contributed by atoms with E-state index in [9.17, 15) is 9.90 Å². The predicted molar refractivity (Wildman–Crippen MR) is 70.2 cm³/mol. The molecule has 0 aliphatic carbocycles. The van der Waals surface area contributed by atoms with E-state index in [4.69, 9.17) is 16.3 Å². The van der Waals surface area contributed by atoms with Gasteiger partial charge in [-0.25, -0.2) is 4.68 Å². The molecule has 0 aliphatic heterocycles. The molecule has 0 radical (unpaired) electrons. The molecule has 0 saturated heterocycles. The summed E-state index contributed by atoms with van der Waals surface area (Å²) < 4.78 is 6.11. The summed E-state index contributed by atoms with van der Waals surface area (Å²) in [5.74, 6) is 0. The molecule has 1 heterocycles. The number of ether oxygens (including phenoxy) is 1. The molecule has 0 atom stereocenters. The fourth-order valence-electron chi connectivity index (χ4n) is 1.24. The standard InChI is InChI=1S/C11H18ClN3O3/c1-11(2,17)7-13-8-6-14-15(4-5-18-3)10(16)9(8)12/h6,13,17H,4-5,7H2,1-3H3. The first kappa shape index (κ1) is 14.9. The maximum absolute atomic E-state index is 11.8. The number of aliphatic hydroxyl groups is 1. The van der Waals surface area contributed by atoms with Gasteiger partial charge in [-0.05, 0) is 13.8 Å². The Bertz CT molecular complexity index is 454. The third-order valence-corrected chi connectivity index (χ3v) is 2.57. The van der Waals surface area contributed by atoms with Gasteiger partial charge in [0.2, 0.25) is 0 Å². The Balaban J connectivity index is 2.84. The lowest BCUT2D eigenvalue weighted by atomic mass is 10.1. The van der Waals surface area contributed by atoms with E-state index >= 15 is 0 Å². The van der Waals surface area contributed by atoms with E-state index in [2.05, 4.69) is 10.4 Å². The van der Waals surface area contributed by atoms with Crippen LogP contribution in [0.1, 0.15) is 13.8 Å². The van der Waals surface area contributed by atoms with Crippen molar-refractivity contribution in [2.75, 3.05) is 25.6 Å². The summed E-state index contributed by atoms with van der Waals surface area (Å²) in [6.07, 6.45) is 1.46. The van der Waals surface area contributed by atoms with E-state index in [0.717, 1.165) is 0 Å². The van der Waals surface area contributed by atoms with Crippen molar-refractivity contribution < 1.29 is 9.84 Å². The van der Waals surface area contributed by atoms with Crippen LogP contribution < -0.4 is 10.9 Å². The van der Waals surface area contributed by atoms with E-state index in [0.29, 0.717) is 18.8 Å². The van der Waals surface area contributed by atoms with Crippen LogP contribution >= 0.6 is 11.6 Å². The van der Waals surface area contributed by atoms with E-state index < -0.39 is 5.60 Å². The molecule has 1 aromatic rings. The minimum Gasteiger partial charge on any atom is -0.389 e. The van der Waals surface area contributed by atoms with Crippen LogP contribution in [0.2, 0.25) is 5.02 Å². The fourth-order valence-corrected chi connectivity index (χ4v) is 1.45. The van der Waals surface area contributed by atoms with Crippen LogP contribution in [0, 0.1) is 0 Å². The number of nitrogens with zero attached hydrogens (tertiary/aromatic N) is 2. The topological polar surface area (TPSA) is 76.4 Å². The van der Waals surface area contributed by atoms with Gasteiger partial charge in [-0.2, -0.15) is 5.10 Å². The lowest BCUT2D eigenvalue weighted by Crippen LogP contribution is -2.31. The zero-order valence-electron chi connectivity index (χ0n) is 10.7. The Hall–Kier alpha value is -1.11. The summed E-state index contributed by atoms with van der Waals surface area (Å²) in [7, 11) is 1.55. The highest BCUT2D eigenvalue weighted by Crippen LogP contribution is 2.16. The van der Waals surface area contributed by atoms with Gasteiger partial charge in [0.05, 0.1) is 30.6 Å². The second-order valence-corrected chi connectivity index (χ2v) is 4.94. The van der Waals surface area contributed by atoms with E-state index in [1.54, 1.807) is 21.0 Å². The molecule has 2 N–H and O–H groups in total. The largest absolute Gasteiger partial charge is 0.389 e. The van der Waals surface area contributed by atoms with Crippen LogP contribution in [0.4, 0.5) is 5.69 Å². The molecule has 1 aromatic heterocycles. The number of methoxy groups -OCH3 is 1. The molecule has 0 unspecified atom stereocenters. The van der Waals surface area contributed by atoms with Gasteiger partial charge in [-0.15, -0.1) is 0 Å². The zero-order chi connectivity index (χ0) is 13.8. The summed E-state index contributed by atoms with van der Waals surface area (Å²) in [4.78, 5) is 11.8. The maximum Gasteiger partial charge on any atom is 0.287 e. The molecule has 0 fully saturated rings. The lowest BCUT2D eigenvalue weighted by Gasteiger charge is -2.19. The lowest BCUT2D eigenvalue weighted by molar-refractivity contribution is 0.0945. The van der Waals surface area contributed by atoms with Gasteiger partial charge in [0.1, 0.15) is 5.02 Å². The van der Waals surface area contributed by atoms with Gasteiger partial charge in [-0.1, -0.05) is 11.6 Å². The van der Waals surface area contributed by atoms with Crippen LogP contribution in [0.3, 0.4) is 0 Å². The highest BCUT2D eigenvalue weighted by Gasteiger charge is 2.14. The molecule has 0 bridgehead atoms. The molecular weight excluding hydrogens is 258 g/mol. The summed E-state index contributed by atoms with van der Waals surface area (Å²) >= 11 is 5.95. The minimum absolute atomic E-state index is 0.0605. The van der Waals surface area contributed by atoms with Crippen molar-refractivity contribution in [2.24, 2.45) is 0 Å². The Kier molecular flexibility index (Phi) is 5.13. The Labute approximate surface area is 111 Å². The maximum atomic E-state index is 11.8. The van der Waals surface area contributed by atoms with Crippen LogP contribution in [0.5, 0.6) is 0 Å². The summed E-state index contributed by atoms with van der Waals surface area (Å²) in [5.41, 5.74) is -0.860. The van der Waals surface area contributed by atoms with Crippen LogP contribution in [-0.2, 0) is 11.3 Å². The number of aromatic nitrogens is 2. The van der Waals surface area contributed by atoms with Crippen molar-refractivity contribution in [1.29, 1.82) is 0 Å². The first-order valence-electron chi connectivity index (χ1n) is 5.56. The molecule has 0 saturated carbocycles. The third kappa shape index (κ3) is 4.29. The molecule has 102 valence electrons. The molecule has 0 spiro atoms. The van der Waals surface area contributed by atoms with Crippen molar-refractivity contribution in [3.63, 3.8) is 0 Å². The minimum atomic E-state index is -0.895. The van der Waals surface area contributed by atoms with Crippen molar-refractivity contribution in [3.8, 4) is 0 Å². The van der Waals surface area contributed by atoms with E-state index in [1.165, 1.54) is 10.9 Å². The molecule has 18 heavy (non-hydrogen) atoms. The number of hydrogen-bond donors (Lipinski definition) is 2. The SMILES string of the molecule is COCCn1ncc(NCC(C)(C)O)c(Cl)c1=O. The van der Waals surface area contributed by atoms with Gasteiger partial charge in [0.15, 0.2) is 0 Å². The van der Waals surface area contributed by atoms with Crippen LogP contribution in [-0.4, -0.2) is 40.7 Å². The van der Waals surface area contributed by atoms with E-state index in [-0.39, 0.29) is 17.1 Å². The normalized spacial score (nSPS) is 11.6. The number of halogens is 1. The Morgan fingerprint density at radius 3 is 2.83 bits per heavy atom. The number of nitrogens with one attached hydrogen (secondary N) is 1. The Morgan fingerprint density at radius 1 is 1.61 bits per heavy atom. The van der Waals surface area contributed by atoms with Gasteiger partial charge in [0.25, 0.3) is 5.56 Å². The second-order valence-electron chi connectivity index (χ2n) is 4.56. The highest BCUT2D eigenvalue weighted by molar-refractivity contribution is 6.32. The van der Waals surface area contributed by atoms with Crippen molar-refractivity contribution in [1.82, 2.24) is 9.78 Å². The molecule has 7 heteroatoms. The Morgan fingerprint density at radius 2 is 2.28 bits per heavy atom. The number of hydrogen-bond acceptors (Lipinski definition) is 5. The molecular formula is C11H18ClN3O3. The van der Waals surface area contributed by atoms with Gasteiger partial charge < -0.3 is 15.2 Å². The van der Waals surface area contributed by atoms with Gasteiger partial charge in [-0.3, -0.25) is 4.79 Å². The van der Waals surface area contributed by atoms with Crippen molar-refractivity contribution in [3.05, 3.63) is 21.6 Å². The van der Waals surface area contributed by atoms with Crippen LogP contribution in [0.15, 0.2) is 11.0 Å². The number of anilines is 1. The summed E-state index contributed by atoms with van der Waals surface area (Å²) in [6.45, 7) is 4.32. The van der Waals surface area contributed by atoms with Crippen LogP contribution in [0.25, 0.3) is 0 Å². The fraction of sp³-hybridized carbons (Fsp3) is 0.636. The third-order valence-electron chi connectivity index (χ3n) is 2.20. The second kappa shape index (κ2) is 6.17. The molecule has 0 aromatic carbocycles. The van der Waals surface area contributed by atoms with Crippen molar-refractivity contribution in [2.45, 2.75) is 26.0 Å². The molecule has 1 rings (SSSR count).